The summed E-state index contributed by atoms with van der Waals surface area (Å²) in [6.07, 6.45) is 8.26. The maximum absolute atomic E-state index is 5.87. The molecule has 0 aromatic carbocycles. The van der Waals surface area contributed by atoms with Gasteiger partial charge in [0.1, 0.15) is 31.0 Å². The van der Waals surface area contributed by atoms with Crippen LogP contribution in [0, 0.1) is 0 Å². The molecular weight excluding hydrogens is 432 g/mol. The molecule has 9 heteroatoms. The molecule has 4 aromatic rings. The molecule has 1 fully saturated rings. The van der Waals surface area contributed by atoms with Gasteiger partial charge in [-0.15, -0.1) is 0 Å². The highest BCUT2D eigenvalue weighted by Crippen LogP contribution is 2.37. The maximum Gasteiger partial charge on any atom is 0.257 e. The molecule has 0 spiro atoms. The van der Waals surface area contributed by atoms with Crippen molar-refractivity contribution in [2.24, 2.45) is 0 Å². The van der Waals surface area contributed by atoms with E-state index in [2.05, 4.69) is 50.1 Å². The number of hydrogen-bond donors (Lipinski definition) is 1. The van der Waals surface area contributed by atoms with Crippen LogP contribution in [0.5, 0.6) is 11.6 Å². The Labute approximate surface area is 197 Å². The Morgan fingerprint density at radius 2 is 2.00 bits per heavy atom. The molecule has 34 heavy (non-hydrogen) atoms. The van der Waals surface area contributed by atoms with Crippen molar-refractivity contribution in [3.63, 3.8) is 0 Å². The summed E-state index contributed by atoms with van der Waals surface area (Å²) < 4.78 is 19.0. The molecule has 0 aliphatic carbocycles. The maximum atomic E-state index is 5.87. The molecule has 174 valence electrons. The number of nitrogens with zero attached hydrogens (tertiary/aromatic N) is 5. The highest BCUT2D eigenvalue weighted by Gasteiger charge is 2.23. The zero-order valence-electron chi connectivity index (χ0n) is 19.0. The number of ether oxygens (including phenoxy) is 3. The molecule has 9 nitrogen and oxygen atoms in total. The van der Waals surface area contributed by atoms with E-state index in [1.807, 2.05) is 18.3 Å². The second-order valence-electron chi connectivity index (χ2n) is 8.56. The van der Waals surface area contributed by atoms with Crippen LogP contribution >= 0.6 is 0 Å². The third kappa shape index (κ3) is 3.81. The number of hydrogen-bond acceptors (Lipinski definition) is 8. The van der Waals surface area contributed by atoms with Crippen molar-refractivity contribution < 1.29 is 14.2 Å². The van der Waals surface area contributed by atoms with Crippen molar-refractivity contribution in [3.05, 3.63) is 54.7 Å². The van der Waals surface area contributed by atoms with Gasteiger partial charge < -0.3 is 24.1 Å². The van der Waals surface area contributed by atoms with E-state index in [9.17, 15) is 0 Å². The van der Waals surface area contributed by atoms with Crippen LogP contribution in [-0.4, -0.2) is 57.5 Å². The van der Waals surface area contributed by atoms with Crippen LogP contribution in [0.15, 0.2) is 49.2 Å². The molecule has 0 amide bonds. The average molecular weight is 459 g/mol. The van der Waals surface area contributed by atoms with E-state index in [-0.39, 0.29) is 5.92 Å². The Bertz CT molecular complexity index is 1320. The Kier molecular flexibility index (Phi) is 5.46. The predicted molar refractivity (Wildman–Crippen MR) is 127 cm³/mol. The van der Waals surface area contributed by atoms with Gasteiger partial charge in [-0.1, -0.05) is 6.92 Å². The predicted octanol–water partition coefficient (Wildman–Crippen LogP) is 3.84. The van der Waals surface area contributed by atoms with Crippen LogP contribution < -0.4 is 14.8 Å². The molecule has 6 heterocycles. The summed E-state index contributed by atoms with van der Waals surface area (Å²) in [4.78, 5) is 17.9. The Hall–Kier alpha value is -3.72. The minimum absolute atomic E-state index is 0.227. The summed E-state index contributed by atoms with van der Waals surface area (Å²) >= 11 is 0. The van der Waals surface area contributed by atoms with Gasteiger partial charge in [0.25, 0.3) is 5.88 Å². The average Bonchev–Trinajstić information content (AvgIpc) is 3.26. The van der Waals surface area contributed by atoms with Gasteiger partial charge in [0.15, 0.2) is 5.75 Å². The highest BCUT2D eigenvalue weighted by molar-refractivity contribution is 5.81. The number of nitrogens with one attached hydrogen (secondary N) is 1. The fourth-order valence-corrected chi connectivity index (χ4v) is 4.47. The number of anilines is 1. The lowest BCUT2D eigenvalue weighted by atomic mass is 9.96. The first-order valence-corrected chi connectivity index (χ1v) is 11.6. The van der Waals surface area contributed by atoms with Crippen LogP contribution in [-0.2, 0) is 4.74 Å². The molecule has 1 saturated heterocycles. The topological polar surface area (TPSA) is 96.2 Å². The van der Waals surface area contributed by atoms with E-state index in [0.717, 1.165) is 59.1 Å². The molecule has 6 rings (SSSR count). The van der Waals surface area contributed by atoms with Gasteiger partial charge in [0.05, 0.1) is 24.9 Å². The summed E-state index contributed by atoms with van der Waals surface area (Å²) in [6.45, 7) is 5.43. The van der Waals surface area contributed by atoms with E-state index < -0.39 is 0 Å². The lowest BCUT2D eigenvalue weighted by Gasteiger charge is -2.27. The lowest BCUT2D eigenvalue weighted by Crippen LogP contribution is -2.30. The monoisotopic (exact) mass is 458 g/mol. The second kappa shape index (κ2) is 8.90. The molecule has 1 N–H and O–H groups in total. The molecule has 0 bridgehead atoms. The van der Waals surface area contributed by atoms with E-state index in [0.29, 0.717) is 31.7 Å². The molecule has 2 aliphatic rings. The highest BCUT2D eigenvalue weighted by atomic mass is 16.6. The minimum atomic E-state index is 0.227. The fraction of sp³-hybridized carbons (Fsp3) is 0.360. The van der Waals surface area contributed by atoms with Crippen molar-refractivity contribution in [1.82, 2.24) is 24.5 Å². The van der Waals surface area contributed by atoms with Crippen molar-refractivity contribution in [3.8, 4) is 22.9 Å². The number of aromatic nitrogens is 5. The van der Waals surface area contributed by atoms with Crippen LogP contribution in [0.3, 0.4) is 0 Å². The summed E-state index contributed by atoms with van der Waals surface area (Å²) in [5.41, 5.74) is 3.87. The third-order valence-corrected chi connectivity index (χ3v) is 6.46. The summed E-state index contributed by atoms with van der Waals surface area (Å²) in [5.74, 6) is 2.33. The Morgan fingerprint density at radius 1 is 1.09 bits per heavy atom. The first-order valence-electron chi connectivity index (χ1n) is 11.6. The van der Waals surface area contributed by atoms with E-state index >= 15 is 0 Å². The molecule has 2 aliphatic heterocycles. The van der Waals surface area contributed by atoms with E-state index in [1.165, 1.54) is 0 Å². The zero-order chi connectivity index (χ0) is 22.9. The number of rotatable bonds is 7. The fourth-order valence-electron chi connectivity index (χ4n) is 4.47. The number of pyridine rings is 2. The van der Waals surface area contributed by atoms with Crippen molar-refractivity contribution >= 4 is 16.9 Å². The van der Waals surface area contributed by atoms with Gasteiger partial charge in [-0.3, -0.25) is 0 Å². The van der Waals surface area contributed by atoms with Gasteiger partial charge in [-0.25, -0.2) is 19.9 Å². The molecule has 4 aromatic heterocycles. The zero-order valence-corrected chi connectivity index (χ0v) is 19.0. The summed E-state index contributed by atoms with van der Waals surface area (Å²) in [5, 5.41) is 4.57. The van der Waals surface area contributed by atoms with E-state index in [1.54, 1.807) is 12.5 Å². The Morgan fingerprint density at radius 3 is 2.85 bits per heavy atom. The van der Waals surface area contributed by atoms with Gasteiger partial charge in [-0.05, 0) is 24.6 Å². The van der Waals surface area contributed by atoms with Crippen LogP contribution in [0.2, 0.25) is 0 Å². The lowest BCUT2D eigenvalue weighted by molar-refractivity contribution is -0.0216. The molecule has 0 saturated carbocycles. The standard InChI is InChI=1S/C25H26N6O3/c1-2-16(20-3-5-26-25-23(20)33-7-8-34-25)11-27-22-10-21(29-15-30-22)18-9-17-4-6-31(19-13-32-14-19)24(17)28-12-18/h3-6,9-10,12,15-16,19H,2,7-8,11,13-14H2,1H3,(H,27,29,30). The van der Waals surface area contributed by atoms with Crippen molar-refractivity contribution in [1.29, 1.82) is 0 Å². The number of fused-ring (bicyclic) bond motifs is 2. The first kappa shape index (κ1) is 20.9. The second-order valence-corrected chi connectivity index (χ2v) is 8.56. The van der Waals surface area contributed by atoms with Crippen LogP contribution in [0.1, 0.15) is 30.9 Å². The third-order valence-electron chi connectivity index (χ3n) is 6.46. The quantitative estimate of drug-likeness (QED) is 0.446. The van der Waals surface area contributed by atoms with Crippen LogP contribution in [0.4, 0.5) is 5.82 Å². The minimum Gasteiger partial charge on any atom is -0.484 e. The molecule has 1 unspecified atom stereocenters. The van der Waals surface area contributed by atoms with Gasteiger partial charge in [0.2, 0.25) is 0 Å². The largest absolute Gasteiger partial charge is 0.484 e. The molecular formula is C25H26N6O3. The van der Waals surface area contributed by atoms with Gasteiger partial charge in [-0.2, -0.15) is 0 Å². The SMILES string of the molecule is CCC(CNc1cc(-c2cnc3c(ccn3C3COC3)c2)ncn1)c1ccnc2c1OCCO2. The summed E-state index contributed by atoms with van der Waals surface area (Å²) in [6, 6.07) is 8.57. The van der Waals surface area contributed by atoms with Crippen molar-refractivity contribution in [2.45, 2.75) is 25.3 Å². The normalized spacial score (nSPS) is 16.3. The van der Waals surface area contributed by atoms with Gasteiger partial charge >= 0.3 is 0 Å². The van der Waals surface area contributed by atoms with Crippen LogP contribution in [0.25, 0.3) is 22.3 Å². The first-order chi connectivity index (χ1) is 16.8. The molecule has 0 radical (unpaired) electrons. The smallest absolute Gasteiger partial charge is 0.257 e. The van der Waals surface area contributed by atoms with Gasteiger partial charge in [0, 0.05) is 53.6 Å². The molecule has 1 atom stereocenters. The summed E-state index contributed by atoms with van der Waals surface area (Å²) in [7, 11) is 0. The van der Waals surface area contributed by atoms with E-state index in [4.69, 9.17) is 19.2 Å². The van der Waals surface area contributed by atoms with Crippen molar-refractivity contribution in [2.75, 3.05) is 38.3 Å². The Balaban J connectivity index is 1.20.